The van der Waals surface area contributed by atoms with Gasteiger partial charge in [0.2, 0.25) is 11.8 Å². The van der Waals surface area contributed by atoms with Crippen molar-refractivity contribution in [3.63, 3.8) is 0 Å². The number of rotatable bonds is 4. The van der Waals surface area contributed by atoms with Gasteiger partial charge in [0.1, 0.15) is 0 Å². The summed E-state index contributed by atoms with van der Waals surface area (Å²) in [6.45, 7) is 3.20. The van der Waals surface area contributed by atoms with Gasteiger partial charge in [-0.25, -0.2) is 0 Å². The number of anilines is 2. The van der Waals surface area contributed by atoms with Crippen molar-refractivity contribution in [2.75, 3.05) is 10.6 Å². The summed E-state index contributed by atoms with van der Waals surface area (Å²) < 4.78 is 0. The van der Waals surface area contributed by atoms with Gasteiger partial charge in [0, 0.05) is 30.8 Å². The number of halogens is 1. The van der Waals surface area contributed by atoms with E-state index in [0.29, 0.717) is 11.4 Å². The average Bonchev–Trinajstić information content (AvgIpc) is 2.14. The van der Waals surface area contributed by atoms with Crippen molar-refractivity contribution in [3.8, 4) is 0 Å². The molecule has 0 aliphatic heterocycles. The van der Waals surface area contributed by atoms with Crippen LogP contribution in [0.1, 0.15) is 20.3 Å². The maximum Gasteiger partial charge on any atom is 0.225 e. The predicted molar refractivity (Wildman–Crippen MR) is 74.9 cm³/mol. The van der Waals surface area contributed by atoms with E-state index in [4.69, 9.17) is 5.73 Å². The van der Waals surface area contributed by atoms with E-state index in [9.17, 15) is 9.59 Å². The molecule has 6 heteroatoms. The fourth-order valence-electron chi connectivity index (χ4n) is 1.38. The zero-order valence-electron chi connectivity index (χ0n) is 10.4. The maximum absolute atomic E-state index is 11.5. The molecule has 0 heterocycles. The summed E-state index contributed by atoms with van der Waals surface area (Å²) in [5, 5.41) is 5.36. The molecule has 0 saturated carbocycles. The lowest BCUT2D eigenvalue weighted by Crippen LogP contribution is -2.24. The largest absolute Gasteiger partial charge is 0.327 e. The molecule has 1 rings (SSSR count). The van der Waals surface area contributed by atoms with Crippen LogP contribution in [-0.4, -0.2) is 17.9 Å². The Morgan fingerprint density at radius 1 is 1.28 bits per heavy atom. The molecule has 1 aromatic carbocycles. The molecule has 0 aliphatic carbocycles. The van der Waals surface area contributed by atoms with E-state index in [2.05, 4.69) is 10.6 Å². The third kappa shape index (κ3) is 6.22. The van der Waals surface area contributed by atoms with Gasteiger partial charge < -0.3 is 16.4 Å². The Balaban J connectivity index is 0.00000289. The first-order chi connectivity index (χ1) is 7.97. The van der Waals surface area contributed by atoms with Gasteiger partial charge in [-0.1, -0.05) is 6.07 Å². The number of benzene rings is 1. The molecular weight excluding hydrogens is 254 g/mol. The molecule has 0 spiro atoms. The molecule has 0 bridgehead atoms. The fourth-order valence-corrected chi connectivity index (χ4v) is 1.38. The molecule has 2 amide bonds. The molecule has 1 aromatic rings. The number of carbonyl (C=O) groups excluding carboxylic acids is 2. The summed E-state index contributed by atoms with van der Waals surface area (Å²) in [4.78, 5) is 22.4. The van der Waals surface area contributed by atoms with Crippen LogP contribution in [0.4, 0.5) is 11.4 Å². The lowest BCUT2D eigenvalue weighted by atomic mass is 10.2. The Bertz CT molecular complexity index is 422. The Labute approximate surface area is 113 Å². The van der Waals surface area contributed by atoms with Crippen LogP contribution in [0, 0.1) is 0 Å². The van der Waals surface area contributed by atoms with Crippen LogP contribution >= 0.6 is 12.4 Å². The second kappa shape index (κ2) is 7.68. The summed E-state index contributed by atoms with van der Waals surface area (Å²) in [6, 6.07) is 6.79. The second-order valence-electron chi connectivity index (χ2n) is 3.99. The molecule has 0 aromatic heterocycles. The maximum atomic E-state index is 11.5. The molecule has 1 unspecified atom stereocenters. The number of amides is 2. The molecule has 0 aliphatic rings. The van der Waals surface area contributed by atoms with Crippen LogP contribution in [-0.2, 0) is 9.59 Å². The number of hydrogen-bond acceptors (Lipinski definition) is 3. The minimum atomic E-state index is -0.173. The quantitative estimate of drug-likeness (QED) is 0.780. The third-order valence-corrected chi connectivity index (χ3v) is 1.97. The van der Waals surface area contributed by atoms with E-state index in [0.717, 1.165) is 0 Å². The van der Waals surface area contributed by atoms with Crippen molar-refractivity contribution in [2.45, 2.75) is 26.3 Å². The molecule has 0 saturated heterocycles. The Morgan fingerprint density at radius 3 is 2.33 bits per heavy atom. The predicted octanol–water partition coefficient (Wildman–Crippen LogP) is 1.74. The average molecular weight is 272 g/mol. The lowest BCUT2D eigenvalue weighted by molar-refractivity contribution is -0.116. The van der Waals surface area contributed by atoms with Gasteiger partial charge in [0.25, 0.3) is 0 Å². The highest BCUT2D eigenvalue weighted by atomic mass is 35.5. The van der Waals surface area contributed by atoms with E-state index in [1.807, 2.05) is 0 Å². The van der Waals surface area contributed by atoms with Gasteiger partial charge in [-0.05, 0) is 25.1 Å². The second-order valence-corrected chi connectivity index (χ2v) is 3.99. The third-order valence-electron chi connectivity index (χ3n) is 1.97. The van der Waals surface area contributed by atoms with E-state index < -0.39 is 0 Å². The summed E-state index contributed by atoms with van der Waals surface area (Å²) in [6.07, 6.45) is 0.268. The minimum Gasteiger partial charge on any atom is -0.327 e. The van der Waals surface area contributed by atoms with Crippen molar-refractivity contribution in [2.24, 2.45) is 5.73 Å². The van der Waals surface area contributed by atoms with Crippen molar-refractivity contribution < 1.29 is 9.59 Å². The number of hydrogen-bond donors (Lipinski definition) is 3. The highest BCUT2D eigenvalue weighted by Gasteiger charge is 2.05. The zero-order valence-corrected chi connectivity index (χ0v) is 11.2. The summed E-state index contributed by atoms with van der Waals surface area (Å²) in [5.41, 5.74) is 6.81. The van der Waals surface area contributed by atoms with Crippen LogP contribution in [0.15, 0.2) is 24.3 Å². The van der Waals surface area contributed by atoms with Gasteiger partial charge >= 0.3 is 0 Å². The topological polar surface area (TPSA) is 84.2 Å². The first-order valence-corrected chi connectivity index (χ1v) is 5.40. The number of nitrogens with two attached hydrogens (primary N) is 1. The van der Waals surface area contributed by atoms with Gasteiger partial charge in [-0.15, -0.1) is 12.4 Å². The molecule has 4 N–H and O–H groups in total. The summed E-state index contributed by atoms with van der Waals surface area (Å²) >= 11 is 0. The summed E-state index contributed by atoms with van der Waals surface area (Å²) in [7, 11) is 0. The standard InChI is InChI=1S/C12H17N3O2.ClH/c1-8(13)6-12(17)15-11-5-3-4-10(7-11)14-9(2)16;/h3-5,7-8H,6,13H2,1-2H3,(H,14,16)(H,15,17);1H. The molecule has 18 heavy (non-hydrogen) atoms. The first-order valence-electron chi connectivity index (χ1n) is 5.40. The summed E-state index contributed by atoms with van der Waals surface area (Å²) in [5.74, 6) is -0.288. The highest BCUT2D eigenvalue weighted by molar-refractivity contribution is 5.93. The molecular formula is C12H18ClN3O2. The molecule has 100 valence electrons. The van der Waals surface area contributed by atoms with Crippen LogP contribution < -0.4 is 16.4 Å². The van der Waals surface area contributed by atoms with Crippen LogP contribution in [0.3, 0.4) is 0 Å². The van der Waals surface area contributed by atoms with Crippen molar-refractivity contribution in [1.82, 2.24) is 0 Å². The Morgan fingerprint density at radius 2 is 1.83 bits per heavy atom. The van der Waals surface area contributed by atoms with E-state index in [-0.39, 0.29) is 36.7 Å². The Hall–Kier alpha value is -1.59. The van der Waals surface area contributed by atoms with Gasteiger partial charge in [-0.3, -0.25) is 9.59 Å². The van der Waals surface area contributed by atoms with Crippen LogP contribution in [0.25, 0.3) is 0 Å². The zero-order chi connectivity index (χ0) is 12.8. The Kier molecular flexibility index (Phi) is 7.00. The van der Waals surface area contributed by atoms with Gasteiger partial charge in [0.05, 0.1) is 0 Å². The van der Waals surface area contributed by atoms with Crippen molar-refractivity contribution >= 4 is 35.6 Å². The minimum absolute atomic E-state index is 0. The van der Waals surface area contributed by atoms with Crippen LogP contribution in [0.2, 0.25) is 0 Å². The monoisotopic (exact) mass is 271 g/mol. The lowest BCUT2D eigenvalue weighted by Gasteiger charge is -2.09. The van der Waals surface area contributed by atoms with Gasteiger partial charge in [0.15, 0.2) is 0 Å². The highest BCUT2D eigenvalue weighted by Crippen LogP contribution is 2.15. The van der Waals surface area contributed by atoms with Crippen molar-refractivity contribution in [3.05, 3.63) is 24.3 Å². The molecule has 5 nitrogen and oxygen atoms in total. The molecule has 0 fully saturated rings. The van der Waals surface area contributed by atoms with E-state index >= 15 is 0 Å². The fraction of sp³-hybridized carbons (Fsp3) is 0.333. The molecule has 1 atom stereocenters. The number of carbonyl (C=O) groups is 2. The van der Waals surface area contributed by atoms with Gasteiger partial charge in [-0.2, -0.15) is 0 Å². The van der Waals surface area contributed by atoms with Crippen LogP contribution in [0.5, 0.6) is 0 Å². The first kappa shape index (κ1) is 16.4. The van der Waals surface area contributed by atoms with E-state index in [1.165, 1.54) is 6.92 Å². The normalized spacial score (nSPS) is 11.1. The smallest absolute Gasteiger partial charge is 0.225 e. The number of nitrogens with one attached hydrogen (secondary N) is 2. The SMILES string of the molecule is CC(=O)Nc1cccc(NC(=O)CC(C)N)c1.Cl. The molecule has 0 radical (unpaired) electrons. The van der Waals surface area contributed by atoms with E-state index in [1.54, 1.807) is 31.2 Å². The van der Waals surface area contributed by atoms with Crippen molar-refractivity contribution in [1.29, 1.82) is 0 Å².